The molecule has 3 rings (SSSR count). The van der Waals surface area contributed by atoms with Gasteiger partial charge in [-0.2, -0.15) is 5.26 Å². The Morgan fingerprint density at radius 3 is 3.00 bits per heavy atom. The van der Waals surface area contributed by atoms with Gasteiger partial charge in [0.05, 0.1) is 23.1 Å². The maximum absolute atomic E-state index is 12.3. The minimum absolute atomic E-state index is 0.0838. The summed E-state index contributed by atoms with van der Waals surface area (Å²) in [4.78, 5) is 22.8. The summed E-state index contributed by atoms with van der Waals surface area (Å²) in [6, 6.07) is 9.28. The predicted molar refractivity (Wildman–Crippen MR) is 86.0 cm³/mol. The molecular weight excluding hydrogens is 290 g/mol. The molecule has 1 N–H and O–H groups in total. The fraction of sp³-hybridized carbons (Fsp3) is 0.294. The molecule has 116 valence electrons. The number of aryl methyl sites for hydroxylation is 1. The SMILES string of the molecule is Cc1nc(C(=O)NC2CCN(c3cccnc3)C2)ccc1C#N. The average Bonchev–Trinajstić information content (AvgIpc) is 3.04. The maximum atomic E-state index is 12.3. The van der Waals surface area contributed by atoms with E-state index in [-0.39, 0.29) is 11.9 Å². The number of pyridine rings is 2. The second-order valence-corrected chi connectivity index (χ2v) is 5.56. The van der Waals surface area contributed by atoms with Crippen LogP contribution in [0.15, 0.2) is 36.7 Å². The van der Waals surface area contributed by atoms with E-state index in [4.69, 9.17) is 5.26 Å². The molecule has 6 nitrogen and oxygen atoms in total. The van der Waals surface area contributed by atoms with Crippen LogP contribution in [0, 0.1) is 18.3 Å². The van der Waals surface area contributed by atoms with E-state index in [1.807, 2.05) is 18.3 Å². The predicted octanol–water partition coefficient (Wildman–Crippen LogP) is 1.67. The molecule has 2 aromatic rings. The number of nitrogens with one attached hydrogen (secondary N) is 1. The quantitative estimate of drug-likeness (QED) is 0.932. The molecule has 1 atom stereocenters. The van der Waals surface area contributed by atoms with Gasteiger partial charge in [-0.15, -0.1) is 0 Å². The molecule has 6 heteroatoms. The highest BCUT2D eigenvalue weighted by atomic mass is 16.1. The van der Waals surface area contributed by atoms with Crippen molar-refractivity contribution in [1.29, 1.82) is 5.26 Å². The highest BCUT2D eigenvalue weighted by molar-refractivity contribution is 5.92. The first-order chi connectivity index (χ1) is 11.2. The Hall–Kier alpha value is -2.94. The number of carbonyl (C=O) groups excluding carboxylic acids is 1. The lowest BCUT2D eigenvalue weighted by Gasteiger charge is -2.18. The summed E-state index contributed by atoms with van der Waals surface area (Å²) < 4.78 is 0. The Morgan fingerprint density at radius 2 is 2.30 bits per heavy atom. The molecule has 1 aliphatic heterocycles. The summed E-state index contributed by atoms with van der Waals surface area (Å²) in [7, 11) is 0. The Labute approximate surface area is 134 Å². The van der Waals surface area contributed by atoms with Crippen molar-refractivity contribution in [2.75, 3.05) is 18.0 Å². The van der Waals surface area contributed by atoms with Gasteiger partial charge in [0.1, 0.15) is 11.8 Å². The third-order valence-electron chi connectivity index (χ3n) is 3.97. The first kappa shape index (κ1) is 15.0. The largest absolute Gasteiger partial charge is 0.368 e. The molecule has 3 heterocycles. The van der Waals surface area contributed by atoms with Crippen molar-refractivity contribution >= 4 is 11.6 Å². The van der Waals surface area contributed by atoms with Crippen LogP contribution < -0.4 is 10.2 Å². The number of carbonyl (C=O) groups is 1. The fourth-order valence-electron chi connectivity index (χ4n) is 2.72. The maximum Gasteiger partial charge on any atom is 0.270 e. The van der Waals surface area contributed by atoms with E-state index in [0.717, 1.165) is 25.2 Å². The summed E-state index contributed by atoms with van der Waals surface area (Å²) in [5.74, 6) is -0.198. The summed E-state index contributed by atoms with van der Waals surface area (Å²) in [5, 5.41) is 11.9. The first-order valence-corrected chi connectivity index (χ1v) is 7.51. The van der Waals surface area contributed by atoms with Crippen LogP contribution in [0.25, 0.3) is 0 Å². The van der Waals surface area contributed by atoms with Crippen molar-refractivity contribution in [3.8, 4) is 6.07 Å². The van der Waals surface area contributed by atoms with Crippen LogP contribution >= 0.6 is 0 Å². The summed E-state index contributed by atoms with van der Waals surface area (Å²) in [6.45, 7) is 3.37. The molecule has 0 aromatic carbocycles. The molecule has 1 amide bonds. The van der Waals surface area contributed by atoms with Crippen LogP contribution in [-0.2, 0) is 0 Å². The number of hydrogen-bond donors (Lipinski definition) is 1. The molecule has 0 aliphatic carbocycles. The Kier molecular flexibility index (Phi) is 4.20. The van der Waals surface area contributed by atoms with Crippen LogP contribution in [-0.4, -0.2) is 35.0 Å². The van der Waals surface area contributed by atoms with Gasteiger partial charge in [-0.3, -0.25) is 9.78 Å². The van der Waals surface area contributed by atoms with E-state index >= 15 is 0 Å². The summed E-state index contributed by atoms with van der Waals surface area (Å²) in [5.41, 5.74) is 2.48. The molecule has 1 aliphatic rings. The van der Waals surface area contributed by atoms with E-state index in [9.17, 15) is 4.79 Å². The van der Waals surface area contributed by atoms with Crippen LogP contribution in [0.3, 0.4) is 0 Å². The molecule has 0 saturated carbocycles. The van der Waals surface area contributed by atoms with Gasteiger partial charge in [-0.25, -0.2) is 4.98 Å². The van der Waals surface area contributed by atoms with Crippen LogP contribution in [0.4, 0.5) is 5.69 Å². The fourth-order valence-corrected chi connectivity index (χ4v) is 2.72. The lowest BCUT2D eigenvalue weighted by Crippen LogP contribution is -2.37. The molecule has 1 fully saturated rings. The summed E-state index contributed by atoms with van der Waals surface area (Å²) >= 11 is 0. The van der Waals surface area contributed by atoms with Crippen molar-refractivity contribution in [1.82, 2.24) is 15.3 Å². The minimum Gasteiger partial charge on any atom is -0.368 e. The number of hydrogen-bond acceptors (Lipinski definition) is 5. The lowest BCUT2D eigenvalue weighted by atomic mass is 10.2. The monoisotopic (exact) mass is 307 g/mol. The second-order valence-electron chi connectivity index (χ2n) is 5.56. The van der Waals surface area contributed by atoms with E-state index in [1.165, 1.54) is 0 Å². The van der Waals surface area contributed by atoms with E-state index < -0.39 is 0 Å². The Morgan fingerprint density at radius 1 is 1.43 bits per heavy atom. The lowest BCUT2D eigenvalue weighted by molar-refractivity contribution is 0.0935. The smallest absolute Gasteiger partial charge is 0.270 e. The van der Waals surface area contributed by atoms with Crippen molar-refractivity contribution in [2.24, 2.45) is 0 Å². The van der Waals surface area contributed by atoms with Crippen molar-refractivity contribution in [3.05, 3.63) is 53.6 Å². The van der Waals surface area contributed by atoms with Crippen LogP contribution in [0.1, 0.15) is 28.2 Å². The van der Waals surface area contributed by atoms with Gasteiger partial charge >= 0.3 is 0 Å². The molecule has 1 saturated heterocycles. The first-order valence-electron chi connectivity index (χ1n) is 7.51. The molecule has 0 radical (unpaired) electrons. The highest BCUT2D eigenvalue weighted by Gasteiger charge is 2.25. The van der Waals surface area contributed by atoms with E-state index in [2.05, 4.69) is 26.3 Å². The number of nitriles is 1. The van der Waals surface area contributed by atoms with Gasteiger partial charge in [-0.05, 0) is 37.6 Å². The standard InChI is InChI=1S/C17H17N5O/c1-12-13(9-18)4-5-16(20-12)17(23)21-14-6-8-22(11-14)15-3-2-7-19-10-15/h2-5,7,10,14H,6,8,11H2,1H3,(H,21,23). The third-order valence-corrected chi connectivity index (χ3v) is 3.97. The normalized spacial score (nSPS) is 16.9. The van der Waals surface area contributed by atoms with Crippen molar-refractivity contribution < 1.29 is 4.79 Å². The average molecular weight is 307 g/mol. The highest BCUT2D eigenvalue weighted by Crippen LogP contribution is 2.19. The molecule has 1 unspecified atom stereocenters. The van der Waals surface area contributed by atoms with E-state index in [1.54, 1.807) is 25.3 Å². The number of amides is 1. The second kappa shape index (κ2) is 6.44. The zero-order valence-corrected chi connectivity index (χ0v) is 12.9. The molecule has 2 aromatic heterocycles. The van der Waals surface area contributed by atoms with Crippen LogP contribution in [0.5, 0.6) is 0 Å². The van der Waals surface area contributed by atoms with Gasteiger partial charge < -0.3 is 10.2 Å². The van der Waals surface area contributed by atoms with Gasteiger partial charge in [0.15, 0.2) is 0 Å². The third kappa shape index (κ3) is 3.29. The zero-order chi connectivity index (χ0) is 16.2. The van der Waals surface area contributed by atoms with Gasteiger partial charge in [0.2, 0.25) is 0 Å². The van der Waals surface area contributed by atoms with Crippen LogP contribution in [0.2, 0.25) is 0 Å². The number of rotatable bonds is 3. The van der Waals surface area contributed by atoms with Gasteiger partial charge in [0.25, 0.3) is 5.91 Å². The van der Waals surface area contributed by atoms with Crippen molar-refractivity contribution in [2.45, 2.75) is 19.4 Å². The Bertz CT molecular complexity index is 753. The molecular formula is C17H17N5O. The number of aromatic nitrogens is 2. The van der Waals surface area contributed by atoms with Gasteiger partial charge in [0, 0.05) is 25.3 Å². The number of nitrogens with zero attached hydrogens (tertiary/aromatic N) is 4. The topological polar surface area (TPSA) is 81.9 Å². The number of anilines is 1. The molecule has 23 heavy (non-hydrogen) atoms. The zero-order valence-electron chi connectivity index (χ0n) is 12.9. The van der Waals surface area contributed by atoms with Gasteiger partial charge in [-0.1, -0.05) is 0 Å². The molecule has 0 spiro atoms. The van der Waals surface area contributed by atoms with Crippen molar-refractivity contribution in [3.63, 3.8) is 0 Å². The Balaban J connectivity index is 1.63. The summed E-state index contributed by atoms with van der Waals surface area (Å²) in [6.07, 6.45) is 4.46. The molecule has 0 bridgehead atoms. The van der Waals surface area contributed by atoms with E-state index in [0.29, 0.717) is 17.0 Å². The minimum atomic E-state index is -0.198.